The van der Waals surface area contributed by atoms with Crippen molar-refractivity contribution >= 4 is 16.8 Å². The number of amides is 1. The lowest BCUT2D eigenvalue weighted by atomic mass is 9.90. The molecule has 2 heterocycles. The normalized spacial score (nSPS) is 23.2. The van der Waals surface area contributed by atoms with Gasteiger partial charge in [0.05, 0.1) is 6.54 Å². The number of aromatic nitrogens is 1. The first-order valence-corrected chi connectivity index (χ1v) is 8.84. The van der Waals surface area contributed by atoms with Crippen LogP contribution in [0, 0.1) is 0 Å². The minimum absolute atomic E-state index is 0.0710. The van der Waals surface area contributed by atoms with E-state index in [-0.39, 0.29) is 5.91 Å². The number of aromatic amines is 1. The molecule has 0 saturated carbocycles. The third-order valence-corrected chi connectivity index (χ3v) is 5.04. The van der Waals surface area contributed by atoms with E-state index in [9.17, 15) is 9.90 Å². The SMILES string of the molecule is C[C@@]1(O)CCN(C(=O)c2cc3ccccc3[nH]2)C[C@H]1Oc1ccccc1. The fourth-order valence-corrected chi connectivity index (χ4v) is 3.38. The molecule has 1 aliphatic heterocycles. The highest BCUT2D eigenvalue weighted by Crippen LogP contribution is 2.28. The lowest BCUT2D eigenvalue weighted by molar-refractivity contribution is -0.0882. The van der Waals surface area contributed by atoms with Crippen molar-refractivity contribution in [3.05, 3.63) is 66.4 Å². The zero-order valence-electron chi connectivity index (χ0n) is 14.7. The quantitative estimate of drug-likeness (QED) is 0.762. The number of fused-ring (bicyclic) bond motifs is 1. The van der Waals surface area contributed by atoms with Gasteiger partial charge in [0.2, 0.25) is 0 Å². The fourth-order valence-electron chi connectivity index (χ4n) is 3.38. The van der Waals surface area contributed by atoms with E-state index in [2.05, 4.69) is 4.98 Å². The van der Waals surface area contributed by atoms with Gasteiger partial charge in [0.25, 0.3) is 5.91 Å². The van der Waals surface area contributed by atoms with Crippen molar-refractivity contribution in [1.29, 1.82) is 0 Å². The Balaban J connectivity index is 1.54. The van der Waals surface area contributed by atoms with Gasteiger partial charge in [0.15, 0.2) is 0 Å². The number of benzene rings is 2. The molecule has 2 N–H and O–H groups in total. The Kier molecular flexibility index (Phi) is 4.17. The molecular formula is C21H22N2O3. The maximum Gasteiger partial charge on any atom is 0.270 e. The summed E-state index contributed by atoms with van der Waals surface area (Å²) in [4.78, 5) is 17.9. The second-order valence-corrected chi connectivity index (χ2v) is 7.05. The lowest BCUT2D eigenvalue weighted by Crippen LogP contribution is -2.57. The molecule has 1 aliphatic rings. The molecule has 1 saturated heterocycles. The second-order valence-electron chi connectivity index (χ2n) is 7.05. The van der Waals surface area contributed by atoms with E-state index >= 15 is 0 Å². The Hall–Kier alpha value is -2.79. The summed E-state index contributed by atoms with van der Waals surface area (Å²) in [6.45, 7) is 2.61. The topological polar surface area (TPSA) is 65.6 Å². The van der Waals surface area contributed by atoms with Crippen molar-refractivity contribution < 1.29 is 14.6 Å². The van der Waals surface area contributed by atoms with E-state index in [1.54, 1.807) is 11.8 Å². The van der Waals surface area contributed by atoms with E-state index < -0.39 is 11.7 Å². The summed E-state index contributed by atoms with van der Waals surface area (Å²) in [7, 11) is 0. The predicted octanol–water partition coefficient (Wildman–Crippen LogP) is 3.21. The Bertz CT molecular complexity index is 884. The molecule has 0 unspecified atom stereocenters. The predicted molar refractivity (Wildman–Crippen MR) is 100 cm³/mol. The molecule has 2 aromatic carbocycles. The largest absolute Gasteiger partial charge is 0.486 e. The molecule has 4 rings (SSSR count). The molecule has 5 heteroatoms. The summed E-state index contributed by atoms with van der Waals surface area (Å²) >= 11 is 0. The number of nitrogens with zero attached hydrogens (tertiary/aromatic N) is 1. The number of carbonyl (C=O) groups excluding carboxylic acids is 1. The Morgan fingerprint density at radius 2 is 1.92 bits per heavy atom. The van der Waals surface area contributed by atoms with Crippen LogP contribution in [0.2, 0.25) is 0 Å². The first-order valence-electron chi connectivity index (χ1n) is 8.84. The van der Waals surface area contributed by atoms with Crippen molar-refractivity contribution in [3.63, 3.8) is 0 Å². The summed E-state index contributed by atoms with van der Waals surface area (Å²) in [6, 6.07) is 19.1. The van der Waals surface area contributed by atoms with Crippen LogP contribution in [0.5, 0.6) is 5.75 Å². The lowest BCUT2D eigenvalue weighted by Gasteiger charge is -2.42. The molecule has 0 aliphatic carbocycles. The Morgan fingerprint density at radius 1 is 1.19 bits per heavy atom. The minimum Gasteiger partial charge on any atom is -0.486 e. The molecule has 1 fully saturated rings. The van der Waals surface area contributed by atoms with Gasteiger partial charge in [-0.05, 0) is 37.6 Å². The molecule has 26 heavy (non-hydrogen) atoms. The van der Waals surface area contributed by atoms with E-state index in [1.165, 1.54) is 0 Å². The van der Waals surface area contributed by atoms with E-state index in [0.29, 0.717) is 31.0 Å². The number of nitrogens with one attached hydrogen (secondary N) is 1. The average Bonchev–Trinajstić information content (AvgIpc) is 3.08. The van der Waals surface area contributed by atoms with Crippen LogP contribution in [0.15, 0.2) is 60.7 Å². The summed E-state index contributed by atoms with van der Waals surface area (Å²) < 4.78 is 5.99. The minimum atomic E-state index is -0.979. The summed E-state index contributed by atoms with van der Waals surface area (Å²) in [5, 5.41) is 11.7. The van der Waals surface area contributed by atoms with Crippen LogP contribution in [-0.2, 0) is 0 Å². The molecule has 2 atom stereocenters. The highest BCUT2D eigenvalue weighted by atomic mass is 16.5. The summed E-state index contributed by atoms with van der Waals surface area (Å²) in [5.41, 5.74) is 0.524. The second kappa shape index (κ2) is 6.50. The van der Waals surface area contributed by atoms with Gasteiger partial charge < -0.3 is 19.7 Å². The van der Waals surface area contributed by atoms with Crippen LogP contribution < -0.4 is 4.74 Å². The van der Waals surface area contributed by atoms with Crippen LogP contribution in [0.1, 0.15) is 23.8 Å². The number of para-hydroxylation sites is 2. The monoisotopic (exact) mass is 350 g/mol. The zero-order valence-corrected chi connectivity index (χ0v) is 14.7. The zero-order chi connectivity index (χ0) is 18.1. The van der Waals surface area contributed by atoms with Crippen LogP contribution >= 0.6 is 0 Å². The average molecular weight is 350 g/mol. The first kappa shape index (κ1) is 16.7. The van der Waals surface area contributed by atoms with Crippen molar-refractivity contribution in [2.24, 2.45) is 0 Å². The summed E-state index contributed by atoms with van der Waals surface area (Å²) in [5.74, 6) is 0.621. The highest BCUT2D eigenvalue weighted by molar-refractivity contribution is 5.98. The van der Waals surface area contributed by atoms with Crippen LogP contribution in [0.25, 0.3) is 10.9 Å². The molecule has 5 nitrogen and oxygen atoms in total. The number of hydrogen-bond acceptors (Lipinski definition) is 3. The highest BCUT2D eigenvalue weighted by Gasteiger charge is 2.41. The molecule has 3 aromatic rings. The molecule has 0 bridgehead atoms. The number of ether oxygens (including phenoxy) is 1. The third-order valence-electron chi connectivity index (χ3n) is 5.04. The number of rotatable bonds is 3. The molecule has 1 aromatic heterocycles. The van der Waals surface area contributed by atoms with Gasteiger partial charge in [-0.3, -0.25) is 4.79 Å². The van der Waals surface area contributed by atoms with Gasteiger partial charge in [0.1, 0.15) is 23.1 Å². The first-order chi connectivity index (χ1) is 12.5. The van der Waals surface area contributed by atoms with Crippen LogP contribution in [0.4, 0.5) is 0 Å². The van der Waals surface area contributed by atoms with Crippen molar-refractivity contribution in [1.82, 2.24) is 9.88 Å². The molecular weight excluding hydrogens is 328 g/mol. The van der Waals surface area contributed by atoms with Gasteiger partial charge in [-0.25, -0.2) is 0 Å². The van der Waals surface area contributed by atoms with Gasteiger partial charge in [-0.15, -0.1) is 0 Å². The number of carbonyl (C=O) groups is 1. The maximum absolute atomic E-state index is 12.9. The Morgan fingerprint density at radius 3 is 2.69 bits per heavy atom. The van der Waals surface area contributed by atoms with Gasteiger partial charge in [-0.1, -0.05) is 36.4 Å². The maximum atomic E-state index is 12.9. The van der Waals surface area contributed by atoms with E-state index in [0.717, 1.165) is 10.9 Å². The molecule has 134 valence electrons. The summed E-state index contributed by atoms with van der Waals surface area (Å²) in [6.07, 6.45) is -0.0109. The number of piperidine rings is 1. The molecule has 0 radical (unpaired) electrons. The molecule has 1 amide bonds. The van der Waals surface area contributed by atoms with Crippen molar-refractivity contribution in [2.75, 3.05) is 13.1 Å². The fraction of sp³-hybridized carbons (Fsp3) is 0.286. The smallest absolute Gasteiger partial charge is 0.270 e. The van der Waals surface area contributed by atoms with E-state index in [4.69, 9.17) is 4.74 Å². The van der Waals surface area contributed by atoms with Crippen LogP contribution in [0.3, 0.4) is 0 Å². The third kappa shape index (κ3) is 3.18. The van der Waals surface area contributed by atoms with Gasteiger partial charge in [0, 0.05) is 17.4 Å². The standard InChI is InChI=1S/C21H22N2O3/c1-21(25)11-12-23(14-19(21)26-16-8-3-2-4-9-16)20(24)18-13-15-7-5-6-10-17(15)22-18/h2-10,13,19,22,25H,11-12,14H2,1H3/t19-,21-/m1/s1. The van der Waals surface area contributed by atoms with E-state index in [1.807, 2.05) is 60.7 Å². The van der Waals surface area contributed by atoms with Gasteiger partial charge >= 0.3 is 0 Å². The number of aliphatic hydroxyl groups is 1. The van der Waals surface area contributed by atoms with Crippen molar-refractivity contribution in [3.8, 4) is 5.75 Å². The Labute approximate surface area is 152 Å². The molecule has 0 spiro atoms. The van der Waals surface area contributed by atoms with Crippen molar-refractivity contribution in [2.45, 2.75) is 25.0 Å². The number of H-pyrrole nitrogens is 1. The van der Waals surface area contributed by atoms with Gasteiger partial charge in [-0.2, -0.15) is 0 Å². The number of likely N-dealkylation sites (tertiary alicyclic amines) is 1. The van der Waals surface area contributed by atoms with Crippen LogP contribution in [-0.4, -0.2) is 45.7 Å². The number of hydrogen-bond donors (Lipinski definition) is 2.